The van der Waals surface area contributed by atoms with Crippen molar-refractivity contribution in [2.45, 2.75) is 32.1 Å². The van der Waals surface area contributed by atoms with Crippen LogP contribution < -0.4 is 0 Å². The van der Waals surface area contributed by atoms with E-state index in [4.69, 9.17) is 5.11 Å². The highest BCUT2D eigenvalue weighted by atomic mass is 19.1. The lowest BCUT2D eigenvalue weighted by atomic mass is 10.0. The van der Waals surface area contributed by atoms with Crippen LogP contribution in [0.2, 0.25) is 0 Å². The fraction of sp³-hybridized carbons (Fsp3) is 0.333. The number of carboxylic acids is 1. The van der Waals surface area contributed by atoms with Gasteiger partial charge in [-0.3, -0.25) is 9.59 Å². The van der Waals surface area contributed by atoms with Crippen molar-refractivity contribution in [3.05, 3.63) is 34.8 Å². The molecule has 0 saturated carbocycles. The number of hydrogen-bond donors (Lipinski definition) is 2. The van der Waals surface area contributed by atoms with Gasteiger partial charge in [-0.15, -0.1) is 0 Å². The molecule has 1 aromatic heterocycles. The zero-order valence-corrected chi connectivity index (χ0v) is 11.0. The number of aromatic amines is 1. The second kappa shape index (κ2) is 4.44. The van der Waals surface area contributed by atoms with Crippen molar-refractivity contribution in [2.24, 2.45) is 0 Å². The third kappa shape index (κ3) is 1.90. The molecular formula is C15H14FNO3. The van der Waals surface area contributed by atoms with Crippen LogP contribution in [0, 0.1) is 5.82 Å². The summed E-state index contributed by atoms with van der Waals surface area (Å²) in [5.74, 6) is -1.58. The molecule has 4 nitrogen and oxygen atoms in total. The van der Waals surface area contributed by atoms with E-state index >= 15 is 0 Å². The van der Waals surface area contributed by atoms with Crippen LogP contribution in [0.5, 0.6) is 0 Å². The topological polar surface area (TPSA) is 70.2 Å². The van der Waals surface area contributed by atoms with Crippen molar-refractivity contribution in [1.82, 2.24) is 4.98 Å². The standard InChI is InChI=1S/C15H14FNO3/c1-7(18)11-5-9(16)6-12-10-3-2-8(4-13(19)20)14(10)17-15(11)12/h5-6,8,17H,2-4H2,1H3,(H,19,20)/t8-/m1/s1. The smallest absolute Gasteiger partial charge is 0.304 e. The van der Waals surface area contributed by atoms with Gasteiger partial charge in [0.1, 0.15) is 5.82 Å². The molecule has 1 aliphatic rings. The molecule has 1 aliphatic carbocycles. The lowest BCUT2D eigenvalue weighted by Gasteiger charge is -2.06. The summed E-state index contributed by atoms with van der Waals surface area (Å²) in [5.41, 5.74) is 2.74. The van der Waals surface area contributed by atoms with Crippen LogP contribution in [0.25, 0.3) is 10.9 Å². The number of halogens is 1. The summed E-state index contributed by atoms with van der Waals surface area (Å²) in [7, 11) is 0. The zero-order valence-electron chi connectivity index (χ0n) is 11.0. The fourth-order valence-corrected chi connectivity index (χ4v) is 3.11. The van der Waals surface area contributed by atoms with E-state index in [2.05, 4.69) is 4.98 Å². The van der Waals surface area contributed by atoms with Crippen molar-refractivity contribution in [3.8, 4) is 0 Å². The largest absolute Gasteiger partial charge is 0.481 e. The Hall–Kier alpha value is -2.17. The van der Waals surface area contributed by atoms with Crippen molar-refractivity contribution >= 4 is 22.7 Å². The van der Waals surface area contributed by atoms with E-state index < -0.39 is 11.8 Å². The molecule has 0 radical (unpaired) electrons. The van der Waals surface area contributed by atoms with Gasteiger partial charge < -0.3 is 10.1 Å². The van der Waals surface area contributed by atoms with Gasteiger partial charge in [0.25, 0.3) is 0 Å². The van der Waals surface area contributed by atoms with Crippen LogP contribution >= 0.6 is 0 Å². The van der Waals surface area contributed by atoms with Crippen LogP contribution in [0.4, 0.5) is 4.39 Å². The fourth-order valence-electron chi connectivity index (χ4n) is 3.11. The first kappa shape index (κ1) is 12.8. The summed E-state index contributed by atoms with van der Waals surface area (Å²) >= 11 is 0. The van der Waals surface area contributed by atoms with Gasteiger partial charge in [0.05, 0.1) is 11.9 Å². The molecule has 3 rings (SSSR count). The molecule has 0 bridgehead atoms. The average molecular weight is 275 g/mol. The van der Waals surface area contributed by atoms with Crippen molar-refractivity contribution in [1.29, 1.82) is 0 Å². The molecule has 1 atom stereocenters. The Morgan fingerprint density at radius 2 is 2.20 bits per heavy atom. The number of aliphatic carboxylic acids is 1. The van der Waals surface area contributed by atoms with Crippen LogP contribution in [-0.2, 0) is 11.2 Å². The van der Waals surface area contributed by atoms with E-state index in [1.54, 1.807) is 0 Å². The molecule has 0 aliphatic heterocycles. The van der Waals surface area contributed by atoms with Crippen molar-refractivity contribution < 1.29 is 19.1 Å². The summed E-state index contributed by atoms with van der Waals surface area (Å²) in [4.78, 5) is 25.7. The van der Waals surface area contributed by atoms with Crippen LogP contribution in [0.15, 0.2) is 12.1 Å². The van der Waals surface area contributed by atoms with Crippen LogP contribution in [-0.4, -0.2) is 21.8 Å². The number of carbonyl (C=O) groups is 2. The number of aromatic nitrogens is 1. The highest BCUT2D eigenvalue weighted by Crippen LogP contribution is 2.40. The lowest BCUT2D eigenvalue weighted by Crippen LogP contribution is -2.04. The maximum atomic E-state index is 13.7. The minimum absolute atomic E-state index is 0.0533. The molecule has 104 valence electrons. The number of Topliss-reactive ketones (excluding diaryl/α,β-unsaturated/α-hetero) is 1. The number of carboxylic acid groups (broad SMARTS) is 1. The Morgan fingerprint density at radius 3 is 2.85 bits per heavy atom. The SMILES string of the molecule is CC(=O)c1cc(F)cc2c3c([nH]c12)[C@@H](CC(=O)O)CC3. The average Bonchev–Trinajstić information content (AvgIpc) is 2.88. The number of H-pyrrole nitrogens is 1. The van der Waals surface area contributed by atoms with Gasteiger partial charge in [0.15, 0.2) is 5.78 Å². The van der Waals surface area contributed by atoms with E-state index in [1.807, 2.05) is 0 Å². The highest BCUT2D eigenvalue weighted by Gasteiger charge is 2.29. The van der Waals surface area contributed by atoms with Gasteiger partial charge in [-0.1, -0.05) is 0 Å². The number of hydrogen-bond acceptors (Lipinski definition) is 2. The number of benzene rings is 1. The quantitative estimate of drug-likeness (QED) is 0.846. The highest BCUT2D eigenvalue weighted by molar-refractivity contribution is 6.07. The molecule has 2 aromatic rings. The number of fused-ring (bicyclic) bond motifs is 3. The molecule has 0 saturated heterocycles. The van der Waals surface area contributed by atoms with E-state index in [0.29, 0.717) is 22.9 Å². The lowest BCUT2D eigenvalue weighted by molar-refractivity contribution is -0.137. The minimum atomic E-state index is -0.848. The molecule has 5 heteroatoms. The van der Waals surface area contributed by atoms with E-state index in [9.17, 15) is 14.0 Å². The first-order valence-electron chi connectivity index (χ1n) is 6.54. The Bertz CT molecular complexity index is 732. The molecule has 0 spiro atoms. The van der Waals surface area contributed by atoms with Crippen molar-refractivity contribution in [2.75, 3.05) is 0 Å². The van der Waals surface area contributed by atoms with Gasteiger partial charge >= 0.3 is 5.97 Å². The predicted molar refractivity (Wildman–Crippen MR) is 71.6 cm³/mol. The van der Waals surface area contributed by atoms with E-state index in [1.165, 1.54) is 19.1 Å². The van der Waals surface area contributed by atoms with Gasteiger partial charge in [0.2, 0.25) is 0 Å². The van der Waals surface area contributed by atoms with Gasteiger partial charge in [-0.05, 0) is 37.5 Å². The first-order chi connectivity index (χ1) is 9.47. The molecule has 20 heavy (non-hydrogen) atoms. The summed E-state index contributed by atoms with van der Waals surface area (Å²) in [6.07, 6.45) is 1.51. The van der Waals surface area contributed by atoms with E-state index in [-0.39, 0.29) is 18.1 Å². The molecule has 2 N–H and O–H groups in total. The number of ketones is 1. The van der Waals surface area contributed by atoms with Gasteiger partial charge in [-0.2, -0.15) is 0 Å². The summed E-state index contributed by atoms with van der Waals surface area (Å²) in [6.45, 7) is 1.40. The third-order valence-corrected chi connectivity index (χ3v) is 3.96. The molecule has 0 amide bonds. The molecule has 0 fully saturated rings. The number of nitrogens with one attached hydrogen (secondary N) is 1. The summed E-state index contributed by atoms with van der Waals surface area (Å²) in [6, 6.07) is 2.64. The number of rotatable bonds is 3. The second-order valence-electron chi connectivity index (χ2n) is 5.28. The monoisotopic (exact) mass is 275 g/mol. The Kier molecular flexibility index (Phi) is 2.85. The molecular weight excluding hydrogens is 261 g/mol. The van der Waals surface area contributed by atoms with Crippen LogP contribution in [0.3, 0.4) is 0 Å². The zero-order chi connectivity index (χ0) is 14.4. The van der Waals surface area contributed by atoms with Gasteiger partial charge in [-0.25, -0.2) is 4.39 Å². The number of carbonyl (C=O) groups excluding carboxylic acids is 1. The maximum absolute atomic E-state index is 13.7. The number of aryl methyl sites for hydroxylation is 1. The Morgan fingerprint density at radius 1 is 1.45 bits per heavy atom. The van der Waals surface area contributed by atoms with Gasteiger partial charge in [0, 0.05) is 22.6 Å². The van der Waals surface area contributed by atoms with Crippen LogP contribution in [0.1, 0.15) is 47.3 Å². The predicted octanol–water partition coefficient (Wildman–Crippen LogP) is 3.01. The van der Waals surface area contributed by atoms with E-state index in [0.717, 1.165) is 17.7 Å². The minimum Gasteiger partial charge on any atom is -0.481 e. The van der Waals surface area contributed by atoms with Crippen molar-refractivity contribution in [3.63, 3.8) is 0 Å². The Balaban J connectivity index is 2.20. The summed E-state index contributed by atoms with van der Waals surface area (Å²) in [5, 5.41) is 9.64. The molecule has 1 aromatic carbocycles. The molecule has 1 heterocycles. The normalized spacial score (nSPS) is 17.4. The maximum Gasteiger partial charge on any atom is 0.304 e. The Labute approximate surface area is 114 Å². The first-order valence-corrected chi connectivity index (χ1v) is 6.54. The summed E-state index contributed by atoms with van der Waals surface area (Å²) < 4.78 is 13.7. The third-order valence-electron chi connectivity index (χ3n) is 3.96. The second-order valence-corrected chi connectivity index (χ2v) is 5.28. The molecule has 0 unspecified atom stereocenters.